The van der Waals surface area contributed by atoms with Crippen LogP contribution in [0.4, 0.5) is 11.4 Å². The Bertz CT molecular complexity index is 1220. The van der Waals surface area contributed by atoms with Crippen LogP contribution in [-0.4, -0.2) is 62.2 Å². The quantitative estimate of drug-likeness (QED) is 0.494. The van der Waals surface area contributed by atoms with Gasteiger partial charge in [0.1, 0.15) is 11.5 Å². The van der Waals surface area contributed by atoms with Crippen LogP contribution < -0.4 is 25.0 Å². The van der Waals surface area contributed by atoms with Gasteiger partial charge in [-0.05, 0) is 72.9 Å². The van der Waals surface area contributed by atoms with Crippen LogP contribution in [0.2, 0.25) is 0 Å². The highest BCUT2D eigenvalue weighted by atomic mass is 32.1. The van der Waals surface area contributed by atoms with Gasteiger partial charge in [0.05, 0.1) is 19.8 Å². The van der Waals surface area contributed by atoms with Gasteiger partial charge in [0, 0.05) is 43.1 Å². The third-order valence-corrected chi connectivity index (χ3v) is 6.18. The van der Waals surface area contributed by atoms with Crippen molar-refractivity contribution in [2.75, 3.05) is 50.6 Å². The van der Waals surface area contributed by atoms with Crippen LogP contribution in [0.5, 0.6) is 11.5 Å². The van der Waals surface area contributed by atoms with Crippen LogP contribution in [0.3, 0.4) is 0 Å². The lowest BCUT2D eigenvalue weighted by Crippen LogP contribution is -2.48. The molecule has 4 rings (SSSR count). The van der Waals surface area contributed by atoms with Crippen molar-refractivity contribution in [1.82, 2.24) is 10.2 Å². The Morgan fingerprint density at radius 2 is 1.50 bits per heavy atom. The smallest absolute Gasteiger partial charge is 0.261 e. The number of rotatable bonds is 6. The predicted octanol–water partition coefficient (Wildman–Crippen LogP) is 3.79. The fourth-order valence-corrected chi connectivity index (χ4v) is 4.22. The maximum absolute atomic E-state index is 12.8. The van der Waals surface area contributed by atoms with E-state index in [9.17, 15) is 9.59 Å². The van der Waals surface area contributed by atoms with Gasteiger partial charge in [-0.25, -0.2) is 0 Å². The highest BCUT2D eigenvalue weighted by Crippen LogP contribution is 2.21. The number of amides is 2. The molecule has 0 bridgehead atoms. The Morgan fingerprint density at radius 3 is 2.14 bits per heavy atom. The number of carbonyl (C=O) groups excluding carboxylic acids is 2. The minimum atomic E-state index is -0.344. The Labute approximate surface area is 215 Å². The summed E-state index contributed by atoms with van der Waals surface area (Å²) in [4.78, 5) is 29.4. The summed E-state index contributed by atoms with van der Waals surface area (Å²) in [6.07, 6.45) is 0. The Kier molecular flexibility index (Phi) is 8.02. The number of nitrogens with one attached hydrogen (secondary N) is 2. The summed E-state index contributed by atoms with van der Waals surface area (Å²) in [6, 6.07) is 22.0. The van der Waals surface area contributed by atoms with E-state index in [2.05, 4.69) is 15.5 Å². The fraction of sp³-hybridized carbons (Fsp3) is 0.222. The van der Waals surface area contributed by atoms with Crippen LogP contribution >= 0.6 is 12.2 Å². The average Bonchev–Trinajstić information content (AvgIpc) is 2.93. The molecule has 0 aromatic heterocycles. The van der Waals surface area contributed by atoms with E-state index in [1.54, 1.807) is 55.6 Å². The molecule has 0 aliphatic carbocycles. The lowest BCUT2D eigenvalue weighted by molar-refractivity contribution is 0.0746. The SMILES string of the molecule is COc1ccc(C(=O)N2CCN(c3ccc(NC(=S)NC(=O)c4ccccc4OC)cc3)CC2)cc1. The van der Waals surface area contributed by atoms with Gasteiger partial charge in [0.25, 0.3) is 11.8 Å². The van der Waals surface area contributed by atoms with Gasteiger partial charge in [-0.3, -0.25) is 14.9 Å². The number of hydrogen-bond acceptors (Lipinski definition) is 6. The third-order valence-electron chi connectivity index (χ3n) is 5.97. The van der Waals surface area contributed by atoms with E-state index >= 15 is 0 Å². The van der Waals surface area contributed by atoms with Crippen LogP contribution in [0, 0.1) is 0 Å². The maximum atomic E-state index is 12.8. The van der Waals surface area contributed by atoms with Crippen molar-refractivity contribution in [3.05, 3.63) is 83.9 Å². The number of para-hydroxylation sites is 1. The molecule has 3 aromatic carbocycles. The molecule has 1 aliphatic rings. The number of methoxy groups -OCH3 is 2. The van der Waals surface area contributed by atoms with Gasteiger partial charge in [-0.2, -0.15) is 0 Å². The number of benzene rings is 3. The Morgan fingerprint density at radius 1 is 0.833 bits per heavy atom. The van der Waals surface area contributed by atoms with Crippen molar-refractivity contribution in [2.45, 2.75) is 0 Å². The second-order valence-electron chi connectivity index (χ2n) is 8.16. The summed E-state index contributed by atoms with van der Waals surface area (Å²) in [5.74, 6) is 0.894. The lowest BCUT2D eigenvalue weighted by atomic mass is 10.1. The molecule has 1 aliphatic heterocycles. The van der Waals surface area contributed by atoms with E-state index in [1.165, 1.54) is 7.11 Å². The van der Waals surface area contributed by atoms with Crippen molar-refractivity contribution in [3.8, 4) is 11.5 Å². The van der Waals surface area contributed by atoms with Crippen LogP contribution in [0.25, 0.3) is 0 Å². The van der Waals surface area contributed by atoms with E-state index in [0.717, 1.165) is 30.2 Å². The van der Waals surface area contributed by atoms with E-state index in [4.69, 9.17) is 21.7 Å². The molecule has 0 radical (unpaired) electrons. The van der Waals surface area contributed by atoms with Gasteiger partial charge in [0.15, 0.2) is 5.11 Å². The Hall–Kier alpha value is -4.11. The second-order valence-corrected chi connectivity index (χ2v) is 8.57. The molecule has 36 heavy (non-hydrogen) atoms. The summed E-state index contributed by atoms with van der Waals surface area (Å²) >= 11 is 5.30. The zero-order valence-electron chi connectivity index (χ0n) is 20.2. The van der Waals surface area contributed by atoms with Crippen molar-refractivity contribution in [2.24, 2.45) is 0 Å². The largest absolute Gasteiger partial charge is 0.497 e. The number of hydrogen-bond donors (Lipinski definition) is 2. The normalized spacial score (nSPS) is 13.1. The molecule has 2 amide bonds. The minimum Gasteiger partial charge on any atom is -0.497 e. The van der Waals surface area contributed by atoms with Crippen molar-refractivity contribution in [3.63, 3.8) is 0 Å². The van der Waals surface area contributed by atoms with Gasteiger partial charge >= 0.3 is 0 Å². The highest BCUT2D eigenvalue weighted by Gasteiger charge is 2.22. The number of anilines is 2. The average molecular weight is 505 g/mol. The predicted molar refractivity (Wildman–Crippen MR) is 144 cm³/mol. The number of nitrogens with zero attached hydrogens (tertiary/aromatic N) is 2. The van der Waals surface area contributed by atoms with Crippen LogP contribution in [0.1, 0.15) is 20.7 Å². The first-order chi connectivity index (χ1) is 17.5. The fourth-order valence-electron chi connectivity index (χ4n) is 4.00. The van der Waals surface area contributed by atoms with Crippen molar-refractivity contribution < 1.29 is 19.1 Å². The van der Waals surface area contributed by atoms with E-state index in [1.807, 2.05) is 29.2 Å². The topological polar surface area (TPSA) is 83.1 Å². The number of carbonyl (C=O) groups is 2. The summed E-state index contributed by atoms with van der Waals surface area (Å²) in [5, 5.41) is 5.91. The first-order valence-corrected chi connectivity index (χ1v) is 11.9. The molecule has 3 aromatic rings. The molecule has 1 fully saturated rings. The van der Waals surface area contributed by atoms with E-state index in [-0.39, 0.29) is 16.9 Å². The summed E-state index contributed by atoms with van der Waals surface area (Å²) < 4.78 is 10.4. The standard InChI is InChI=1S/C27H28N4O4S/c1-34-22-13-7-19(8-14-22)26(33)31-17-15-30(16-18-31)21-11-9-20(10-12-21)28-27(36)29-25(32)23-5-3-4-6-24(23)35-2/h3-14H,15-18H2,1-2H3,(H2,28,29,32,36). The highest BCUT2D eigenvalue weighted by molar-refractivity contribution is 7.80. The van der Waals surface area contributed by atoms with Gasteiger partial charge in [0.2, 0.25) is 0 Å². The zero-order valence-corrected chi connectivity index (χ0v) is 21.0. The molecule has 0 atom stereocenters. The maximum Gasteiger partial charge on any atom is 0.261 e. The number of thiocarbonyl (C=S) groups is 1. The molecular formula is C27H28N4O4S. The Balaban J connectivity index is 1.28. The zero-order chi connectivity index (χ0) is 25.5. The minimum absolute atomic E-state index is 0.0283. The van der Waals surface area contributed by atoms with Crippen LogP contribution in [-0.2, 0) is 0 Å². The molecular weight excluding hydrogens is 476 g/mol. The molecule has 0 spiro atoms. The molecule has 1 saturated heterocycles. The molecule has 0 saturated carbocycles. The molecule has 186 valence electrons. The lowest BCUT2D eigenvalue weighted by Gasteiger charge is -2.36. The first kappa shape index (κ1) is 25.0. The molecule has 1 heterocycles. The van der Waals surface area contributed by atoms with Crippen molar-refractivity contribution in [1.29, 1.82) is 0 Å². The number of ether oxygens (including phenoxy) is 2. The van der Waals surface area contributed by atoms with Crippen molar-refractivity contribution >= 4 is 40.5 Å². The molecule has 0 unspecified atom stereocenters. The third kappa shape index (κ3) is 5.92. The molecule has 2 N–H and O–H groups in total. The molecule has 9 heteroatoms. The summed E-state index contributed by atoms with van der Waals surface area (Å²) in [7, 11) is 3.12. The number of piperazine rings is 1. The van der Waals surface area contributed by atoms with E-state index in [0.29, 0.717) is 30.0 Å². The summed E-state index contributed by atoms with van der Waals surface area (Å²) in [5.41, 5.74) is 2.89. The van der Waals surface area contributed by atoms with Gasteiger partial charge < -0.3 is 24.6 Å². The van der Waals surface area contributed by atoms with Gasteiger partial charge in [-0.15, -0.1) is 0 Å². The first-order valence-electron chi connectivity index (χ1n) is 11.5. The van der Waals surface area contributed by atoms with Crippen LogP contribution in [0.15, 0.2) is 72.8 Å². The van der Waals surface area contributed by atoms with Gasteiger partial charge in [-0.1, -0.05) is 12.1 Å². The second kappa shape index (κ2) is 11.5. The molecule has 8 nitrogen and oxygen atoms in total. The van der Waals surface area contributed by atoms with E-state index < -0.39 is 0 Å². The summed E-state index contributed by atoms with van der Waals surface area (Å²) in [6.45, 7) is 2.76. The monoisotopic (exact) mass is 504 g/mol.